The summed E-state index contributed by atoms with van der Waals surface area (Å²) in [5.41, 5.74) is -0.134. The molecule has 0 amide bonds. The fourth-order valence-electron chi connectivity index (χ4n) is 1.70. The molecule has 0 bridgehead atoms. The molecule has 1 N–H and O–H groups in total. The number of pyridine rings is 1. The van der Waals surface area contributed by atoms with Crippen LogP contribution in [0.25, 0.3) is 10.9 Å². The minimum Gasteiger partial charge on any atom is -0.256 e. The van der Waals surface area contributed by atoms with Gasteiger partial charge in [0, 0.05) is 18.1 Å². The normalized spacial score (nSPS) is 12.2. The number of nitrogens with one attached hydrogen (secondary N) is 1. The van der Waals surface area contributed by atoms with Gasteiger partial charge in [-0.3, -0.25) is 4.98 Å². The molecule has 2 rings (SSSR count). The highest BCUT2D eigenvalue weighted by atomic mass is 32.2. The molecule has 0 aliphatic rings. The topological polar surface area (TPSA) is 82.9 Å². The van der Waals surface area contributed by atoms with Gasteiger partial charge in [0.05, 0.1) is 21.9 Å². The molecule has 2 aromatic rings. The molecule has 0 saturated heterocycles. The van der Waals surface area contributed by atoms with E-state index in [4.69, 9.17) is 5.26 Å². The molecule has 1 heterocycles. The van der Waals surface area contributed by atoms with Gasteiger partial charge >= 0.3 is 0 Å². The molecular formula is C14H15N3O2S. The standard InChI is InChI=1S/C14H15N3O2S/c1-14(2,9-15)10-17-20(18,19)13-7-3-6-12-11(13)5-4-8-16-12/h3-8,17H,10H2,1-2H3. The van der Waals surface area contributed by atoms with Crippen LogP contribution in [0.5, 0.6) is 0 Å². The maximum atomic E-state index is 12.4. The van der Waals surface area contributed by atoms with E-state index in [0.717, 1.165) is 0 Å². The Hall–Kier alpha value is -1.97. The Morgan fingerprint density at radius 1 is 1.30 bits per heavy atom. The first kappa shape index (κ1) is 14.4. The van der Waals surface area contributed by atoms with Crippen LogP contribution in [-0.4, -0.2) is 19.9 Å². The minimum absolute atomic E-state index is 0.0580. The zero-order valence-corrected chi connectivity index (χ0v) is 12.1. The van der Waals surface area contributed by atoms with Gasteiger partial charge in [0.25, 0.3) is 0 Å². The number of benzene rings is 1. The number of nitrogens with zero attached hydrogens (tertiary/aromatic N) is 2. The summed E-state index contributed by atoms with van der Waals surface area (Å²) in [4.78, 5) is 4.31. The number of rotatable bonds is 4. The van der Waals surface area contributed by atoms with Crippen molar-refractivity contribution >= 4 is 20.9 Å². The predicted molar refractivity (Wildman–Crippen MR) is 76.3 cm³/mol. The zero-order chi connectivity index (χ0) is 14.8. The Kier molecular flexibility index (Phi) is 3.75. The molecule has 0 saturated carbocycles. The van der Waals surface area contributed by atoms with Crippen LogP contribution in [0.15, 0.2) is 41.4 Å². The second kappa shape index (κ2) is 5.19. The lowest BCUT2D eigenvalue weighted by atomic mass is 9.97. The molecule has 0 unspecified atom stereocenters. The van der Waals surface area contributed by atoms with E-state index >= 15 is 0 Å². The average Bonchev–Trinajstić information content (AvgIpc) is 2.45. The van der Waals surface area contributed by atoms with Crippen molar-refractivity contribution in [1.29, 1.82) is 5.26 Å². The lowest BCUT2D eigenvalue weighted by Crippen LogP contribution is -2.33. The Morgan fingerprint density at radius 3 is 2.75 bits per heavy atom. The highest BCUT2D eigenvalue weighted by Gasteiger charge is 2.23. The largest absolute Gasteiger partial charge is 0.256 e. The van der Waals surface area contributed by atoms with Gasteiger partial charge < -0.3 is 0 Å². The molecule has 0 aliphatic carbocycles. The van der Waals surface area contributed by atoms with Gasteiger partial charge in [-0.2, -0.15) is 5.26 Å². The third-order valence-corrected chi connectivity index (χ3v) is 4.36. The average molecular weight is 289 g/mol. The van der Waals surface area contributed by atoms with Gasteiger partial charge in [-0.25, -0.2) is 13.1 Å². The third kappa shape index (κ3) is 2.95. The first-order valence-corrected chi connectivity index (χ1v) is 7.59. The zero-order valence-electron chi connectivity index (χ0n) is 11.3. The van der Waals surface area contributed by atoms with E-state index in [1.807, 2.05) is 0 Å². The summed E-state index contributed by atoms with van der Waals surface area (Å²) >= 11 is 0. The van der Waals surface area contributed by atoms with Gasteiger partial charge in [-0.15, -0.1) is 0 Å². The van der Waals surface area contributed by atoms with Gasteiger partial charge in [0.2, 0.25) is 10.0 Å². The van der Waals surface area contributed by atoms with Crippen molar-refractivity contribution in [3.05, 3.63) is 36.5 Å². The molecule has 0 spiro atoms. The summed E-state index contributed by atoms with van der Waals surface area (Å²) < 4.78 is 27.2. The van der Waals surface area contributed by atoms with Gasteiger partial charge in [-0.1, -0.05) is 6.07 Å². The van der Waals surface area contributed by atoms with E-state index in [0.29, 0.717) is 10.9 Å². The minimum atomic E-state index is -3.67. The van der Waals surface area contributed by atoms with E-state index in [9.17, 15) is 8.42 Å². The van der Waals surface area contributed by atoms with Crippen molar-refractivity contribution in [2.24, 2.45) is 5.41 Å². The third-order valence-electron chi connectivity index (χ3n) is 2.90. The number of fused-ring (bicyclic) bond motifs is 1. The summed E-state index contributed by atoms with van der Waals surface area (Å²) in [7, 11) is -3.67. The number of hydrogen-bond donors (Lipinski definition) is 1. The Balaban J connectivity index is 2.41. The van der Waals surface area contributed by atoms with Crippen LogP contribution in [0.2, 0.25) is 0 Å². The number of nitriles is 1. The highest BCUT2D eigenvalue weighted by Crippen LogP contribution is 2.21. The molecule has 6 heteroatoms. The molecular weight excluding hydrogens is 274 g/mol. The Bertz CT molecular complexity index is 771. The van der Waals surface area contributed by atoms with Gasteiger partial charge in [-0.05, 0) is 38.1 Å². The van der Waals surface area contributed by atoms with Crippen molar-refractivity contribution in [3.8, 4) is 6.07 Å². The fourth-order valence-corrected chi connectivity index (χ4v) is 3.13. The number of hydrogen-bond acceptors (Lipinski definition) is 4. The van der Waals surface area contributed by atoms with Crippen molar-refractivity contribution < 1.29 is 8.42 Å². The summed E-state index contributed by atoms with van der Waals surface area (Å²) in [5.74, 6) is 0. The Labute approximate surface area is 118 Å². The molecule has 0 atom stereocenters. The van der Waals surface area contributed by atoms with Crippen molar-refractivity contribution in [2.45, 2.75) is 18.7 Å². The van der Waals surface area contributed by atoms with Crippen LogP contribution in [0.4, 0.5) is 0 Å². The first-order chi connectivity index (χ1) is 9.36. The molecule has 104 valence electrons. The Morgan fingerprint density at radius 2 is 2.05 bits per heavy atom. The highest BCUT2D eigenvalue weighted by molar-refractivity contribution is 7.89. The predicted octanol–water partition coefficient (Wildman–Crippen LogP) is 2.06. The maximum absolute atomic E-state index is 12.4. The summed E-state index contributed by atoms with van der Waals surface area (Å²) in [5, 5.41) is 9.51. The number of sulfonamides is 1. The fraction of sp³-hybridized carbons (Fsp3) is 0.286. The van der Waals surface area contributed by atoms with E-state index in [1.165, 1.54) is 6.07 Å². The summed E-state index contributed by atoms with van der Waals surface area (Å²) in [6, 6.07) is 10.4. The quantitative estimate of drug-likeness (QED) is 0.934. The molecule has 0 radical (unpaired) electrons. The van der Waals surface area contributed by atoms with Gasteiger partial charge in [0.15, 0.2) is 0 Å². The molecule has 1 aromatic heterocycles. The van der Waals surface area contributed by atoms with Crippen LogP contribution >= 0.6 is 0 Å². The van der Waals surface area contributed by atoms with Gasteiger partial charge in [0.1, 0.15) is 0 Å². The molecule has 5 nitrogen and oxygen atoms in total. The lowest BCUT2D eigenvalue weighted by Gasteiger charge is -2.16. The van der Waals surface area contributed by atoms with Crippen molar-refractivity contribution in [3.63, 3.8) is 0 Å². The van der Waals surface area contributed by atoms with Crippen molar-refractivity contribution in [2.75, 3.05) is 6.54 Å². The first-order valence-electron chi connectivity index (χ1n) is 6.10. The second-order valence-corrected chi connectivity index (χ2v) is 6.88. The van der Waals surface area contributed by atoms with Crippen LogP contribution < -0.4 is 4.72 Å². The van der Waals surface area contributed by atoms with Crippen LogP contribution in [0.3, 0.4) is 0 Å². The van der Waals surface area contributed by atoms with Crippen LogP contribution in [0.1, 0.15) is 13.8 Å². The molecule has 0 aliphatic heterocycles. The summed E-state index contributed by atoms with van der Waals surface area (Å²) in [6.07, 6.45) is 1.62. The maximum Gasteiger partial charge on any atom is 0.241 e. The van der Waals surface area contributed by atoms with E-state index in [2.05, 4.69) is 15.8 Å². The summed E-state index contributed by atoms with van der Waals surface area (Å²) in [6.45, 7) is 3.42. The molecule has 20 heavy (non-hydrogen) atoms. The van der Waals surface area contributed by atoms with E-state index in [1.54, 1.807) is 44.3 Å². The lowest BCUT2D eigenvalue weighted by molar-refractivity contribution is 0.479. The van der Waals surface area contributed by atoms with Crippen LogP contribution in [-0.2, 0) is 10.0 Å². The van der Waals surface area contributed by atoms with Crippen LogP contribution in [0, 0.1) is 16.7 Å². The van der Waals surface area contributed by atoms with E-state index in [-0.39, 0.29) is 11.4 Å². The van der Waals surface area contributed by atoms with Crippen molar-refractivity contribution in [1.82, 2.24) is 9.71 Å². The monoisotopic (exact) mass is 289 g/mol. The SMILES string of the molecule is CC(C)(C#N)CNS(=O)(=O)c1cccc2ncccc12. The second-order valence-electron chi connectivity index (χ2n) is 5.15. The molecule has 1 aromatic carbocycles. The number of aromatic nitrogens is 1. The smallest absolute Gasteiger partial charge is 0.241 e. The van der Waals surface area contributed by atoms with E-state index < -0.39 is 15.4 Å². The molecule has 0 fully saturated rings.